The van der Waals surface area contributed by atoms with Crippen molar-refractivity contribution in [2.75, 3.05) is 20.3 Å². The maximum absolute atomic E-state index is 5.86. The topological polar surface area (TPSA) is 30.5 Å². The molecule has 2 aliphatic rings. The molecule has 2 rings (SSSR count). The average molecular weight is 171 g/mol. The van der Waals surface area contributed by atoms with Crippen LogP contribution in [0.4, 0.5) is 0 Å². The number of methoxy groups -OCH3 is 1. The minimum atomic E-state index is 0.344. The molecule has 3 atom stereocenters. The van der Waals surface area contributed by atoms with Gasteiger partial charge in [-0.25, -0.2) is 0 Å². The fourth-order valence-corrected chi connectivity index (χ4v) is 2.18. The van der Waals surface area contributed by atoms with E-state index >= 15 is 0 Å². The predicted molar refractivity (Wildman–Crippen MR) is 46.2 cm³/mol. The molecule has 12 heavy (non-hydrogen) atoms. The fraction of sp³-hybridized carbons (Fsp3) is 1.00. The molecule has 0 aromatic carbocycles. The van der Waals surface area contributed by atoms with Crippen LogP contribution in [0, 0.1) is 0 Å². The molecule has 0 amide bonds. The van der Waals surface area contributed by atoms with Gasteiger partial charge >= 0.3 is 0 Å². The van der Waals surface area contributed by atoms with Gasteiger partial charge in [0.25, 0.3) is 0 Å². The van der Waals surface area contributed by atoms with Crippen LogP contribution in [-0.4, -0.2) is 38.5 Å². The molecule has 3 nitrogen and oxygen atoms in total. The van der Waals surface area contributed by atoms with E-state index in [2.05, 4.69) is 5.32 Å². The van der Waals surface area contributed by atoms with Crippen LogP contribution in [0.2, 0.25) is 0 Å². The van der Waals surface area contributed by atoms with Gasteiger partial charge in [-0.15, -0.1) is 0 Å². The standard InChI is InChI=1S/C9H17NO2/c1-11-6-7-2-3-8-9(12-7)4-5-10-8/h7-10H,2-6H2,1H3/t7-,8+,9+/m0/s1. The summed E-state index contributed by atoms with van der Waals surface area (Å²) >= 11 is 0. The summed E-state index contributed by atoms with van der Waals surface area (Å²) in [5.41, 5.74) is 0. The second kappa shape index (κ2) is 3.73. The molecule has 1 N–H and O–H groups in total. The van der Waals surface area contributed by atoms with Gasteiger partial charge in [0.15, 0.2) is 0 Å². The highest BCUT2D eigenvalue weighted by Gasteiger charge is 2.34. The summed E-state index contributed by atoms with van der Waals surface area (Å²) in [5.74, 6) is 0. The van der Waals surface area contributed by atoms with E-state index in [1.807, 2.05) is 0 Å². The average Bonchev–Trinajstić information content (AvgIpc) is 2.51. The van der Waals surface area contributed by atoms with Crippen molar-refractivity contribution in [1.82, 2.24) is 5.32 Å². The van der Waals surface area contributed by atoms with Crippen LogP contribution < -0.4 is 5.32 Å². The molecule has 0 unspecified atom stereocenters. The molecule has 0 aromatic rings. The van der Waals surface area contributed by atoms with E-state index in [-0.39, 0.29) is 0 Å². The quantitative estimate of drug-likeness (QED) is 0.658. The molecule has 0 aromatic heterocycles. The van der Waals surface area contributed by atoms with Gasteiger partial charge in [0.05, 0.1) is 18.8 Å². The summed E-state index contributed by atoms with van der Waals surface area (Å²) in [5, 5.41) is 3.46. The third-order valence-corrected chi connectivity index (χ3v) is 2.80. The third kappa shape index (κ3) is 1.63. The van der Waals surface area contributed by atoms with E-state index in [1.165, 1.54) is 12.8 Å². The Bertz CT molecular complexity index is 151. The summed E-state index contributed by atoms with van der Waals surface area (Å²) < 4.78 is 10.9. The SMILES string of the molecule is COC[C@@H]1CC[C@H]2NCC[C@H]2O1. The smallest absolute Gasteiger partial charge is 0.0813 e. The van der Waals surface area contributed by atoms with Crippen molar-refractivity contribution in [3.05, 3.63) is 0 Å². The number of fused-ring (bicyclic) bond motifs is 1. The lowest BCUT2D eigenvalue weighted by Crippen LogP contribution is -2.41. The van der Waals surface area contributed by atoms with E-state index in [9.17, 15) is 0 Å². The highest BCUT2D eigenvalue weighted by atomic mass is 16.5. The van der Waals surface area contributed by atoms with E-state index in [4.69, 9.17) is 9.47 Å². The summed E-state index contributed by atoms with van der Waals surface area (Å²) in [6.45, 7) is 1.87. The van der Waals surface area contributed by atoms with Gasteiger partial charge in [-0.1, -0.05) is 0 Å². The summed E-state index contributed by atoms with van der Waals surface area (Å²) in [6.07, 6.45) is 4.36. The zero-order valence-electron chi connectivity index (χ0n) is 7.58. The highest BCUT2D eigenvalue weighted by Crippen LogP contribution is 2.25. The first-order valence-electron chi connectivity index (χ1n) is 4.78. The van der Waals surface area contributed by atoms with Crippen LogP contribution in [-0.2, 0) is 9.47 Å². The third-order valence-electron chi connectivity index (χ3n) is 2.80. The summed E-state index contributed by atoms with van der Waals surface area (Å²) in [4.78, 5) is 0. The van der Waals surface area contributed by atoms with Crippen LogP contribution >= 0.6 is 0 Å². The van der Waals surface area contributed by atoms with Crippen LogP contribution in [0.1, 0.15) is 19.3 Å². The van der Waals surface area contributed by atoms with Crippen molar-refractivity contribution < 1.29 is 9.47 Å². The lowest BCUT2D eigenvalue weighted by Gasteiger charge is -2.31. The zero-order chi connectivity index (χ0) is 8.39. The van der Waals surface area contributed by atoms with E-state index in [1.54, 1.807) is 7.11 Å². The molecule has 0 saturated carbocycles. The van der Waals surface area contributed by atoms with Gasteiger partial charge < -0.3 is 14.8 Å². The van der Waals surface area contributed by atoms with Crippen LogP contribution in [0.5, 0.6) is 0 Å². The number of hydrogen-bond donors (Lipinski definition) is 1. The normalized spacial score (nSPS) is 41.2. The van der Waals surface area contributed by atoms with Crippen LogP contribution in [0.3, 0.4) is 0 Å². The Balaban J connectivity index is 1.84. The van der Waals surface area contributed by atoms with Crippen molar-refractivity contribution in [2.24, 2.45) is 0 Å². The molecule has 2 heterocycles. The van der Waals surface area contributed by atoms with Gasteiger partial charge in [0, 0.05) is 13.2 Å². The molecular formula is C9H17NO2. The van der Waals surface area contributed by atoms with Crippen molar-refractivity contribution in [1.29, 1.82) is 0 Å². The number of hydrogen-bond acceptors (Lipinski definition) is 3. The fourth-order valence-electron chi connectivity index (χ4n) is 2.18. The largest absolute Gasteiger partial charge is 0.382 e. The van der Waals surface area contributed by atoms with Gasteiger partial charge in [-0.05, 0) is 25.8 Å². The summed E-state index contributed by atoms with van der Waals surface area (Å²) in [7, 11) is 1.74. The first kappa shape index (κ1) is 8.48. The second-order valence-corrected chi connectivity index (χ2v) is 3.68. The molecule has 70 valence electrons. The van der Waals surface area contributed by atoms with E-state index in [0.29, 0.717) is 18.2 Å². The molecule has 0 radical (unpaired) electrons. The van der Waals surface area contributed by atoms with Crippen LogP contribution in [0.25, 0.3) is 0 Å². The number of rotatable bonds is 2. The van der Waals surface area contributed by atoms with Gasteiger partial charge in [0.2, 0.25) is 0 Å². The molecule has 0 bridgehead atoms. The lowest BCUT2D eigenvalue weighted by atomic mass is 10.0. The molecule has 0 spiro atoms. The second-order valence-electron chi connectivity index (χ2n) is 3.68. The summed E-state index contributed by atoms with van der Waals surface area (Å²) in [6, 6.07) is 0.623. The minimum Gasteiger partial charge on any atom is -0.382 e. The van der Waals surface area contributed by atoms with Crippen molar-refractivity contribution in [3.63, 3.8) is 0 Å². The van der Waals surface area contributed by atoms with Gasteiger partial charge in [-0.2, -0.15) is 0 Å². The Kier molecular flexibility index (Phi) is 2.63. The first-order valence-corrected chi connectivity index (χ1v) is 4.78. The molecule has 3 heteroatoms. The molecule has 0 aliphatic carbocycles. The monoisotopic (exact) mass is 171 g/mol. The van der Waals surface area contributed by atoms with Crippen molar-refractivity contribution in [2.45, 2.75) is 37.5 Å². The Hall–Kier alpha value is -0.120. The van der Waals surface area contributed by atoms with Crippen LogP contribution in [0.15, 0.2) is 0 Å². The highest BCUT2D eigenvalue weighted by molar-refractivity contribution is 4.89. The molecule has 2 fully saturated rings. The number of nitrogens with one attached hydrogen (secondary N) is 1. The van der Waals surface area contributed by atoms with Crippen molar-refractivity contribution >= 4 is 0 Å². The lowest BCUT2D eigenvalue weighted by molar-refractivity contribution is -0.0814. The maximum atomic E-state index is 5.86. The van der Waals surface area contributed by atoms with Crippen molar-refractivity contribution in [3.8, 4) is 0 Å². The molecule has 2 aliphatic heterocycles. The Labute approximate surface area is 73.4 Å². The molecule has 2 saturated heterocycles. The zero-order valence-corrected chi connectivity index (χ0v) is 7.58. The molecular weight excluding hydrogens is 154 g/mol. The Morgan fingerprint density at radius 1 is 1.42 bits per heavy atom. The Morgan fingerprint density at radius 2 is 2.33 bits per heavy atom. The van der Waals surface area contributed by atoms with Gasteiger partial charge in [-0.3, -0.25) is 0 Å². The first-order chi connectivity index (χ1) is 5.90. The minimum absolute atomic E-state index is 0.344. The maximum Gasteiger partial charge on any atom is 0.0813 e. The van der Waals surface area contributed by atoms with Gasteiger partial charge in [0.1, 0.15) is 0 Å². The number of ether oxygens (including phenoxy) is 2. The predicted octanol–water partition coefficient (Wildman–Crippen LogP) is 0.542. The van der Waals surface area contributed by atoms with E-state index < -0.39 is 0 Å². The van der Waals surface area contributed by atoms with E-state index in [0.717, 1.165) is 19.6 Å². The Morgan fingerprint density at radius 3 is 3.17 bits per heavy atom.